The van der Waals surface area contributed by atoms with Crippen LogP contribution >= 0.6 is 0 Å². The molecular formula is C42H53N3O7. The van der Waals surface area contributed by atoms with Crippen LogP contribution in [0.4, 0.5) is 0 Å². The summed E-state index contributed by atoms with van der Waals surface area (Å²) in [5.74, 6) is 0.765. The van der Waals surface area contributed by atoms with Gasteiger partial charge in [-0.2, -0.15) is 0 Å². The Bertz CT molecular complexity index is 1980. The highest BCUT2D eigenvalue weighted by atomic mass is 16.5. The van der Waals surface area contributed by atoms with Crippen LogP contribution in [0.25, 0.3) is 21.8 Å². The fourth-order valence-electron chi connectivity index (χ4n) is 9.60. The van der Waals surface area contributed by atoms with Gasteiger partial charge in [-0.15, -0.1) is 0 Å². The van der Waals surface area contributed by atoms with Gasteiger partial charge in [0, 0.05) is 86.3 Å². The van der Waals surface area contributed by atoms with E-state index in [2.05, 4.69) is 23.2 Å². The average Bonchev–Trinajstić information content (AvgIpc) is 3.63. The van der Waals surface area contributed by atoms with Gasteiger partial charge in [-0.1, -0.05) is 0 Å². The maximum absolute atomic E-state index is 12.9. The van der Waals surface area contributed by atoms with Gasteiger partial charge < -0.3 is 33.7 Å². The highest BCUT2D eigenvalue weighted by Gasteiger charge is 2.33. The predicted octanol–water partition coefficient (Wildman–Crippen LogP) is 6.66. The lowest BCUT2D eigenvalue weighted by atomic mass is 9.75. The van der Waals surface area contributed by atoms with Gasteiger partial charge in [0.2, 0.25) is 0 Å². The second-order valence-electron chi connectivity index (χ2n) is 15.6. The molecule has 0 spiro atoms. The normalized spacial score (nSPS) is 21.5. The Kier molecular flexibility index (Phi) is 10.5. The van der Waals surface area contributed by atoms with Crippen molar-refractivity contribution in [2.75, 3.05) is 33.5 Å². The van der Waals surface area contributed by atoms with Gasteiger partial charge in [-0.05, 0) is 142 Å². The SMILES string of the molecule is C[C@H](C(=O)O)N(C)C(=O)c1ccc2c(c1)c1c(n2C)CCC(C2CCOCC2)C1.Cn1c2c(c3cc(C(=O)O)ccc31)CC(C1CCOCC1)CC2. The van der Waals surface area contributed by atoms with E-state index in [1.54, 1.807) is 13.1 Å². The Morgan fingerprint density at radius 3 is 1.58 bits per heavy atom. The first-order chi connectivity index (χ1) is 25.0. The number of aryl methyl sites for hydroxylation is 2. The second-order valence-corrected chi connectivity index (χ2v) is 15.6. The number of aromatic carboxylic acids is 1. The number of hydrogen-bond donors (Lipinski definition) is 2. The quantitative estimate of drug-likeness (QED) is 0.229. The van der Waals surface area contributed by atoms with E-state index in [0.29, 0.717) is 23.0 Å². The van der Waals surface area contributed by atoms with Crippen molar-refractivity contribution in [3.8, 4) is 0 Å². The summed E-state index contributed by atoms with van der Waals surface area (Å²) in [7, 11) is 5.76. The Morgan fingerprint density at radius 2 is 1.13 bits per heavy atom. The molecule has 4 aromatic rings. The van der Waals surface area contributed by atoms with Gasteiger partial charge in [-0.3, -0.25) is 4.79 Å². The molecule has 278 valence electrons. The fourth-order valence-corrected chi connectivity index (χ4v) is 9.60. The summed E-state index contributed by atoms with van der Waals surface area (Å²) in [6.45, 7) is 5.06. The van der Waals surface area contributed by atoms with E-state index in [1.807, 2.05) is 30.3 Å². The third kappa shape index (κ3) is 6.87. The van der Waals surface area contributed by atoms with Gasteiger partial charge in [-0.25, -0.2) is 9.59 Å². The number of nitrogens with zero attached hydrogens (tertiary/aromatic N) is 3. The van der Waals surface area contributed by atoms with Crippen LogP contribution in [0.1, 0.15) is 88.7 Å². The standard InChI is InChI=1S/C23H30N2O4.C19H23NO3/c1-14(23(27)28)24(2)22(26)17-5-7-21-19(13-17)18-12-16(4-6-20(18)25(21)3)15-8-10-29-11-9-15;1-20-17-4-2-13(12-6-8-23-9-7-12)10-15(17)16-11-14(19(21)22)3-5-18(16)20/h5,7,13-16H,4,6,8-12H2,1-3H3,(H,27,28);3,5,11-13H,2,4,6-10H2,1H3,(H,21,22)/t14-,16?;/m1./s1. The van der Waals surface area contributed by atoms with Gasteiger partial charge >= 0.3 is 11.9 Å². The molecule has 2 aliphatic carbocycles. The van der Waals surface area contributed by atoms with Gasteiger partial charge in [0.25, 0.3) is 5.91 Å². The van der Waals surface area contributed by atoms with Crippen LogP contribution in [0.3, 0.4) is 0 Å². The summed E-state index contributed by atoms with van der Waals surface area (Å²) < 4.78 is 15.6. The molecule has 2 saturated heterocycles. The Hall–Kier alpha value is -4.15. The minimum Gasteiger partial charge on any atom is -0.480 e. The average molecular weight is 712 g/mol. The summed E-state index contributed by atoms with van der Waals surface area (Å²) in [4.78, 5) is 36.7. The van der Waals surface area contributed by atoms with Crippen LogP contribution in [0.5, 0.6) is 0 Å². The van der Waals surface area contributed by atoms with Crippen LogP contribution in [0.2, 0.25) is 0 Å². The van der Waals surface area contributed by atoms with Crippen LogP contribution in [-0.2, 0) is 54.0 Å². The van der Waals surface area contributed by atoms with E-state index >= 15 is 0 Å². The number of aromatic nitrogens is 2. The number of fused-ring (bicyclic) bond motifs is 6. The Labute approximate surface area is 305 Å². The number of ether oxygens (including phenoxy) is 2. The minimum atomic E-state index is -1.00. The van der Waals surface area contributed by atoms with Gasteiger partial charge in [0.05, 0.1) is 5.56 Å². The van der Waals surface area contributed by atoms with Crippen LogP contribution in [0, 0.1) is 23.7 Å². The van der Waals surface area contributed by atoms with E-state index in [-0.39, 0.29) is 5.91 Å². The van der Waals surface area contributed by atoms with Crippen molar-refractivity contribution in [3.05, 3.63) is 70.0 Å². The number of carbonyl (C=O) groups excluding carboxylic acids is 1. The van der Waals surface area contributed by atoms with Gasteiger partial charge in [0.1, 0.15) is 6.04 Å². The van der Waals surface area contributed by atoms with Crippen molar-refractivity contribution in [1.29, 1.82) is 0 Å². The number of carboxylic acid groups (broad SMARTS) is 2. The molecule has 0 bridgehead atoms. The molecule has 1 amide bonds. The number of likely N-dealkylation sites (N-methyl/N-ethyl adjacent to an activating group) is 1. The predicted molar refractivity (Wildman–Crippen MR) is 200 cm³/mol. The lowest BCUT2D eigenvalue weighted by Gasteiger charge is -2.33. The number of rotatable bonds is 6. The first kappa shape index (κ1) is 36.2. The molecule has 3 atom stereocenters. The van der Waals surface area contributed by atoms with Crippen molar-refractivity contribution >= 4 is 39.7 Å². The second kappa shape index (κ2) is 15.1. The molecule has 2 fully saturated rings. The zero-order valence-electron chi connectivity index (χ0n) is 31.0. The zero-order chi connectivity index (χ0) is 36.7. The zero-order valence-corrected chi connectivity index (χ0v) is 31.0. The topological polar surface area (TPSA) is 123 Å². The summed E-state index contributed by atoms with van der Waals surface area (Å²) >= 11 is 0. The molecule has 8 rings (SSSR count). The number of aliphatic carboxylic acids is 1. The third-order valence-electron chi connectivity index (χ3n) is 12.9. The lowest BCUT2D eigenvalue weighted by molar-refractivity contribution is -0.141. The van der Waals surface area contributed by atoms with E-state index in [1.165, 1.54) is 60.0 Å². The molecule has 52 heavy (non-hydrogen) atoms. The molecule has 2 N–H and O–H groups in total. The molecule has 2 aromatic carbocycles. The monoisotopic (exact) mass is 711 g/mol. The Morgan fingerprint density at radius 1 is 0.692 bits per heavy atom. The van der Waals surface area contributed by atoms with Crippen molar-refractivity contribution in [3.63, 3.8) is 0 Å². The molecule has 4 aliphatic rings. The number of hydrogen-bond acceptors (Lipinski definition) is 5. The maximum Gasteiger partial charge on any atom is 0.335 e. The lowest BCUT2D eigenvalue weighted by Crippen LogP contribution is -2.40. The van der Waals surface area contributed by atoms with Crippen molar-refractivity contribution in [1.82, 2.24) is 14.0 Å². The fraction of sp³-hybridized carbons (Fsp3) is 0.548. The van der Waals surface area contributed by atoms with E-state index in [9.17, 15) is 24.6 Å². The molecule has 2 aromatic heterocycles. The van der Waals surface area contributed by atoms with Crippen molar-refractivity contribution in [2.45, 2.75) is 77.2 Å². The van der Waals surface area contributed by atoms with Crippen LogP contribution in [-0.4, -0.2) is 81.6 Å². The van der Waals surface area contributed by atoms with Gasteiger partial charge in [0.15, 0.2) is 0 Å². The third-order valence-corrected chi connectivity index (χ3v) is 12.9. The highest BCUT2D eigenvalue weighted by Crippen LogP contribution is 2.41. The largest absolute Gasteiger partial charge is 0.480 e. The first-order valence-corrected chi connectivity index (χ1v) is 19.1. The molecule has 10 heteroatoms. The molecular weight excluding hydrogens is 658 g/mol. The smallest absolute Gasteiger partial charge is 0.335 e. The maximum atomic E-state index is 12.9. The van der Waals surface area contributed by atoms with Crippen molar-refractivity contribution < 1.29 is 34.1 Å². The number of benzene rings is 2. The van der Waals surface area contributed by atoms with Crippen LogP contribution < -0.4 is 0 Å². The Balaban J connectivity index is 0.000000166. The molecule has 0 saturated carbocycles. The molecule has 4 heterocycles. The number of carbonyl (C=O) groups is 3. The highest BCUT2D eigenvalue weighted by molar-refractivity contribution is 6.00. The number of carboxylic acids is 2. The number of amides is 1. The molecule has 0 radical (unpaired) electrons. The molecule has 10 nitrogen and oxygen atoms in total. The molecule has 2 aliphatic heterocycles. The summed E-state index contributed by atoms with van der Waals surface area (Å²) in [5.41, 5.74) is 8.77. The molecule has 2 unspecified atom stereocenters. The minimum absolute atomic E-state index is 0.254. The summed E-state index contributed by atoms with van der Waals surface area (Å²) in [5, 5.41) is 20.8. The summed E-state index contributed by atoms with van der Waals surface area (Å²) in [6, 6.07) is 10.5. The van der Waals surface area contributed by atoms with Crippen LogP contribution in [0.15, 0.2) is 36.4 Å². The van der Waals surface area contributed by atoms with Crippen molar-refractivity contribution in [2.24, 2.45) is 37.8 Å². The van der Waals surface area contributed by atoms with E-state index in [4.69, 9.17) is 9.47 Å². The summed E-state index contributed by atoms with van der Waals surface area (Å²) in [6.07, 6.45) is 11.4. The first-order valence-electron chi connectivity index (χ1n) is 19.1. The van der Waals surface area contributed by atoms with E-state index in [0.717, 1.165) is 98.6 Å². The van der Waals surface area contributed by atoms with E-state index < -0.39 is 18.0 Å².